The summed E-state index contributed by atoms with van der Waals surface area (Å²) in [5, 5.41) is 19.0. The summed E-state index contributed by atoms with van der Waals surface area (Å²) in [5.41, 5.74) is 1.40. The molecule has 2 N–H and O–H groups in total. The summed E-state index contributed by atoms with van der Waals surface area (Å²) >= 11 is 0. The summed E-state index contributed by atoms with van der Waals surface area (Å²) in [5.74, 6) is 0.281. The Hall–Kier alpha value is -1.96. The number of hydrogen-bond donors (Lipinski definition) is 2. The first-order chi connectivity index (χ1) is 11.2. The average molecular weight is 319 g/mol. The first-order valence-electron chi connectivity index (χ1n) is 7.79. The number of β-amino-alcohol motifs (C(OH)–C–C–N with tert-alkyl or cyclic N) is 2. The molecule has 2 aromatic rings. The van der Waals surface area contributed by atoms with Crippen molar-refractivity contribution >= 4 is 17.0 Å². The van der Waals surface area contributed by atoms with Crippen LogP contribution in [0.25, 0.3) is 11.1 Å². The van der Waals surface area contributed by atoms with Gasteiger partial charge in [0.15, 0.2) is 5.58 Å². The van der Waals surface area contributed by atoms with E-state index in [-0.39, 0.29) is 18.9 Å². The Kier molecular flexibility index (Phi) is 4.90. The normalized spacial score (nSPS) is 19.9. The van der Waals surface area contributed by atoms with Crippen molar-refractivity contribution in [2.45, 2.75) is 12.5 Å². The van der Waals surface area contributed by atoms with Crippen molar-refractivity contribution in [3.8, 4) is 0 Å². The van der Waals surface area contributed by atoms with Gasteiger partial charge in [-0.3, -0.25) is 9.69 Å². The van der Waals surface area contributed by atoms with Gasteiger partial charge < -0.3 is 19.5 Å². The van der Waals surface area contributed by atoms with E-state index in [1.54, 1.807) is 4.90 Å². The van der Waals surface area contributed by atoms with Crippen molar-refractivity contribution in [3.63, 3.8) is 0 Å². The molecule has 1 fully saturated rings. The van der Waals surface area contributed by atoms with Crippen LogP contribution in [0.3, 0.4) is 0 Å². The zero-order valence-corrected chi connectivity index (χ0v) is 12.9. The Morgan fingerprint density at radius 2 is 2.13 bits per heavy atom. The highest BCUT2D eigenvalue weighted by atomic mass is 16.3. The molecule has 7 nitrogen and oxygen atoms in total. The molecular formula is C16H21N3O4. The number of amides is 1. The second kappa shape index (κ2) is 7.08. The summed E-state index contributed by atoms with van der Waals surface area (Å²) < 4.78 is 5.58. The fourth-order valence-electron chi connectivity index (χ4n) is 2.86. The highest BCUT2D eigenvalue weighted by Gasteiger charge is 2.25. The van der Waals surface area contributed by atoms with Gasteiger partial charge in [0.05, 0.1) is 12.7 Å². The van der Waals surface area contributed by atoms with Crippen LogP contribution in [0.15, 0.2) is 28.7 Å². The minimum atomic E-state index is -0.614. The Balaban J connectivity index is 1.65. The maximum Gasteiger partial charge on any atom is 0.232 e. The summed E-state index contributed by atoms with van der Waals surface area (Å²) in [6.07, 6.45) is -0.530. The smallest absolute Gasteiger partial charge is 0.232 e. The molecule has 124 valence electrons. The highest BCUT2D eigenvalue weighted by Crippen LogP contribution is 2.16. The maximum atomic E-state index is 12.5. The molecule has 0 bridgehead atoms. The van der Waals surface area contributed by atoms with Gasteiger partial charge in [0.25, 0.3) is 0 Å². The van der Waals surface area contributed by atoms with E-state index >= 15 is 0 Å². The predicted molar refractivity (Wildman–Crippen MR) is 83.8 cm³/mol. The third-order valence-corrected chi connectivity index (χ3v) is 4.00. The quantitative estimate of drug-likeness (QED) is 0.816. The first kappa shape index (κ1) is 15.9. The molecule has 0 unspecified atom stereocenters. The minimum Gasteiger partial charge on any atom is -0.440 e. The zero-order valence-electron chi connectivity index (χ0n) is 12.9. The van der Waals surface area contributed by atoms with Crippen LogP contribution in [0.1, 0.15) is 5.89 Å². The van der Waals surface area contributed by atoms with Crippen LogP contribution in [-0.4, -0.2) is 76.3 Å². The molecule has 1 aromatic carbocycles. The predicted octanol–water partition coefficient (Wildman–Crippen LogP) is -0.132. The molecule has 1 amide bonds. The number of carbonyl (C=O) groups excluding carboxylic acids is 1. The van der Waals surface area contributed by atoms with Crippen molar-refractivity contribution in [1.29, 1.82) is 0 Å². The number of para-hydroxylation sites is 2. The molecule has 1 aromatic heterocycles. The Morgan fingerprint density at radius 3 is 2.91 bits per heavy atom. The van der Waals surface area contributed by atoms with E-state index < -0.39 is 6.10 Å². The number of benzene rings is 1. The summed E-state index contributed by atoms with van der Waals surface area (Å²) in [7, 11) is 0. The van der Waals surface area contributed by atoms with Crippen LogP contribution >= 0.6 is 0 Å². The van der Waals surface area contributed by atoms with Gasteiger partial charge in [-0.15, -0.1) is 0 Å². The van der Waals surface area contributed by atoms with E-state index in [1.165, 1.54) is 0 Å². The molecule has 1 aliphatic rings. The molecule has 3 rings (SSSR count). The second-order valence-corrected chi connectivity index (χ2v) is 5.77. The van der Waals surface area contributed by atoms with Crippen molar-refractivity contribution in [2.75, 3.05) is 39.3 Å². The Bertz CT molecular complexity index is 639. The van der Waals surface area contributed by atoms with Crippen LogP contribution in [0.2, 0.25) is 0 Å². The molecule has 1 atom stereocenters. The van der Waals surface area contributed by atoms with Crippen LogP contribution in [0.5, 0.6) is 0 Å². The molecule has 0 aliphatic carbocycles. The van der Waals surface area contributed by atoms with Gasteiger partial charge in [-0.1, -0.05) is 12.1 Å². The molecule has 0 radical (unpaired) electrons. The second-order valence-electron chi connectivity index (χ2n) is 5.77. The topological polar surface area (TPSA) is 90.0 Å². The monoisotopic (exact) mass is 319 g/mol. The van der Waals surface area contributed by atoms with Crippen molar-refractivity contribution in [1.82, 2.24) is 14.8 Å². The lowest BCUT2D eigenvalue weighted by molar-refractivity contribution is -0.131. The third kappa shape index (κ3) is 3.87. The molecule has 23 heavy (non-hydrogen) atoms. The fraction of sp³-hybridized carbons (Fsp3) is 0.500. The zero-order chi connectivity index (χ0) is 16.2. The SMILES string of the molecule is O=C(Cc1nc2ccccc2o1)N1CCN(CCO)C[C@H](O)C1. The molecular weight excluding hydrogens is 298 g/mol. The summed E-state index contributed by atoms with van der Waals surface area (Å²) in [4.78, 5) is 20.4. The third-order valence-electron chi connectivity index (χ3n) is 4.00. The van der Waals surface area contributed by atoms with Crippen molar-refractivity contribution in [3.05, 3.63) is 30.2 Å². The van der Waals surface area contributed by atoms with E-state index in [9.17, 15) is 9.90 Å². The Morgan fingerprint density at radius 1 is 1.30 bits per heavy atom. The van der Waals surface area contributed by atoms with E-state index in [2.05, 4.69) is 4.98 Å². The van der Waals surface area contributed by atoms with E-state index in [4.69, 9.17) is 9.52 Å². The molecule has 0 spiro atoms. The number of aliphatic hydroxyl groups is 2. The molecule has 1 saturated heterocycles. The number of carbonyl (C=O) groups is 1. The standard InChI is InChI=1S/C16H21N3O4/c20-8-7-18-5-6-19(11-12(21)10-18)16(22)9-15-17-13-3-1-2-4-14(13)23-15/h1-4,12,20-21H,5-11H2/t12-/m0/s1. The van der Waals surface area contributed by atoms with Gasteiger partial charge in [-0.2, -0.15) is 0 Å². The molecule has 0 saturated carbocycles. The number of aromatic nitrogens is 1. The summed E-state index contributed by atoms with van der Waals surface area (Å²) in [6, 6.07) is 7.39. The number of rotatable bonds is 4. The lowest BCUT2D eigenvalue weighted by atomic mass is 10.3. The van der Waals surface area contributed by atoms with Gasteiger partial charge in [0.2, 0.25) is 11.8 Å². The number of hydrogen-bond acceptors (Lipinski definition) is 6. The van der Waals surface area contributed by atoms with Gasteiger partial charge in [0.1, 0.15) is 11.9 Å². The van der Waals surface area contributed by atoms with Gasteiger partial charge >= 0.3 is 0 Å². The van der Waals surface area contributed by atoms with Crippen LogP contribution in [-0.2, 0) is 11.2 Å². The van der Waals surface area contributed by atoms with Crippen LogP contribution in [0, 0.1) is 0 Å². The number of aliphatic hydroxyl groups excluding tert-OH is 2. The highest BCUT2D eigenvalue weighted by molar-refractivity contribution is 5.79. The van der Waals surface area contributed by atoms with Crippen molar-refractivity contribution in [2.24, 2.45) is 0 Å². The van der Waals surface area contributed by atoms with E-state index in [1.807, 2.05) is 29.2 Å². The average Bonchev–Trinajstić information content (AvgIpc) is 2.83. The van der Waals surface area contributed by atoms with Gasteiger partial charge in [0, 0.05) is 32.7 Å². The molecule has 7 heteroatoms. The largest absolute Gasteiger partial charge is 0.440 e. The maximum absolute atomic E-state index is 12.5. The lowest BCUT2D eigenvalue weighted by Gasteiger charge is -2.21. The van der Waals surface area contributed by atoms with E-state index in [0.717, 1.165) is 5.52 Å². The van der Waals surface area contributed by atoms with E-state index in [0.29, 0.717) is 44.2 Å². The van der Waals surface area contributed by atoms with Crippen LogP contribution in [0.4, 0.5) is 0 Å². The summed E-state index contributed by atoms with van der Waals surface area (Å²) in [6.45, 7) is 2.47. The van der Waals surface area contributed by atoms with Gasteiger partial charge in [-0.05, 0) is 12.1 Å². The molecule has 1 aliphatic heterocycles. The van der Waals surface area contributed by atoms with Crippen LogP contribution < -0.4 is 0 Å². The Labute approximate surface area is 134 Å². The molecule has 2 heterocycles. The number of fused-ring (bicyclic) bond motifs is 1. The first-order valence-corrected chi connectivity index (χ1v) is 7.79. The number of nitrogens with zero attached hydrogens (tertiary/aromatic N) is 3. The van der Waals surface area contributed by atoms with Crippen molar-refractivity contribution < 1.29 is 19.4 Å². The number of oxazole rings is 1. The minimum absolute atomic E-state index is 0.0452. The fourth-order valence-corrected chi connectivity index (χ4v) is 2.86. The lowest BCUT2D eigenvalue weighted by Crippen LogP contribution is -2.38. The van der Waals surface area contributed by atoms with Gasteiger partial charge in [-0.25, -0.2) is 4.98 Å².